The fraction of sp³-hybridized carbons (Fsp3) is 0.579. The molecule has 1 unspecified atom stereocenters. The van der Waals surface area contributed by atoms with Gasteiger partial charge in [-0.2, -0.15) is 0 Å². The molecule has 2 N–H and O–H groups in total. The van der Waals surface area contributed by atoms with Gasteiger partial charge >= 0.3 is 0 Å². The Balaban J connectivity index is 1.45. The van der Waals surface area contributed by atoms with Crippen molar-refractivity contribution in [1.29, 1.82) is 0 Å². The van der Waals surface area contributed by atoms with Crippen LogP contribution in [0.5, 0.6) is 0 Å². The summed E-state index contributed by atoms with van der Waals surface area (Å²) in [6.07, 6.45) is 2.03. The first-order chi connectivity index (χ1) is 12.0. The predicted molar refractivity (Wildman–Crippen MR) is 93.1 cm³/mol. The van der Waals surface area contributed by atoms with Crippen LogP contribution < -0.4 is 5.73 Å². The van der Waals surface area contributed by atoms with Crippen LogP contribution >= 0.6 is 0 Å². The Morgan fingerprint density at radius 1 is 1.24 bits per heavy atom. The number of nitrogens with zero attached hydrogens (tertiary/aromatic N) is 2. The minimum Gasteiger partial charge on any atom is -0.369 e. The van der Waals surface area contributed by atoms with E-state index in [1.54, 1.807) is 6.07 Å². The molecule has 0 bridgehead atoms. The molecular formula is C19H26FN3O2. The number of carbonyl (C=O) groups is 2. The number of halogens is 1. The van der Waals surface area contributed by atoms with E-state index < -0.39 is 0 Å². The second-order valence-electron chi connectivity index (χ2n) is 7.29. The number of likely N-dealkylation sites (tertiary alicyclic amines) is 2. The molecule has 0 radical (unpaired) electrons. The largest absolute Gasteiger partial charge is 0.369 e. The molecular weight excluding hydrogens is 321 g/mol. The van der Waals surface area contributed by atoms with E-state index in [1.807, 2.05) is 24.0 Å². The Hall–Kier alpha value is -1.95. The van der Waals surface area contributed by atoms with E-state index in [0.29, 0.717) is 38.3 Å². The third-order valence-electron chi connectivity index (χ3n) is 5.57. The Bertz CT molecular complexity index is 637. The highest BCUT2D eigenvalue weighted by Crippen LogP contribution is 2.25. The van der Waals surface area contributed by atoms with Crippen molar-refractivity contribution in [2.75, 3.05) is 26.2 Å². The lowest BCUT2D eigenvalue weighted by molar-refractivity contribution is -0.141. The highest BCUT2D eigenvalue weighted by Gasteiger charge is 2.36. The zero-order valence-corrected chi connectivity index (χ0v) is 14.7. The van der Waals surface area contributed by atoms with E-state index in [-0.39, 0.29) is 29.6 Å². The van der Waals surface area contributed by atoms with Crippen molar-refractivity contribution in [3.8, 4) is 0 Å². The fourth-order valence-corrected chi connectivity index (χ4v) is 3.83. The van der Waals surface area contributed by atoms with Gasteiger partial charge in [0.05, 0.1) is 6.04 Å². The lowest BCUT2D eigenvalue weighted by Crippen LogP contribution is -2.58. The number of amides is 2. The summed E-state index contributed by atoms with van der Waals surface area (Å²) >= 11 is 0. The molecule has 5 nitrogen and oxygen atoms in total. The minimum atomic E-state index is -0.265. The van der Waals surface area contributed by atoms with Crippen LogP contribution in [0.1, 0.15) is 25.3 Å². The number of carbonyl (C=O) groups excluding carboxylic acids is 2. The Labute approximate surface area is 148 Å². The topological polar surface area (TPSA) is 66.6 Å². The van der Waals surface area contributed by atoms with Crippen LogP contribution in [0.25, 0.3) is 0 Å². The van der Waals surface area contributed by atoms with E-state index in [0.717, 1.165) is 18.7 Å². The fourth-order valence-electron chi connectivity index (χ4n) is 3.83. The molecule has 25 heavy (non-hydrogen) atoms. The van der Waals surface area contributed by atoms with Gasteiger partial charge in [0.25, 0.3) is 0 Å². The van der Waals surface area contributed by atoms with Gasteiger partial charge in [-0.05, 0) is 43.7 Å². The molecule has 2 aliphatic rings. The molecule has 0 spiro atoms. The van der Waals surface area contributed by atoms with Gasteiger partial charge in [-0.3, -0.25) is 14.5 Å². The van der Waals surface area contributed by atoms with Crippen LogP contribution in [-0.4, -0.2) is 53.8 Å². The van der Waals surface area contributed by atoms with Crippen molar-refractivity contribution >= 4 is 11.8 Å². The first kappa shape index (κ1) is 17.9. The molecule has 2 saturated heterocycles. The average molecular weight is 347 g/mol. The van der Waals surface area contributed by atoms with Gasteiger partial charge in [-0.1, -0.05) is 18.2 Å². The molecule has 3 rings (SSSR count). The normalized spacial score (nSPS) is 21.0. The third kappa shape index (κ3) is 4.00. The average Bonchev–Trinajstić information content (AvgIpc) is 2.58. The summed E-state index contributed by atoms with van der Waals surface area (Å²) in [7, 11) is 0. The van der Waals surface area contributed by atoms with Crippen LogP contribution in [0.3, 0.4) is 0 Å². The molecule has 2 amide bonds. The van der Waals surface area contributed by atoms with Crippen molar-refractivity contribution in [3.05, 3.63) is 35.6 Å². The lowest BCUT2D eigenvalue weighted by atomic mass is 9.90. The second kappa shape index (κ2) is 7.52. The van der Waals surface area contributed by atoms with Crippen molar-refractivity contribution in [1.82, 2.24) is 9.80 Å². The third-order valence-corrected chi connectivity index (χ3v) is 5.57. The summed E-state index contributed by atoms with van der Waals surface area (Å²) in [4.78, 5) is 27.8. The zero-order valence-electron chi connectivity index (χ0n) is 14.7. The summed E-state index contributed by atoms with van der Waals surface area (Å²) in [6, 6.07) is 6.72. The summed E-state index contributed by atoms with van der Waals surface area (Å²) < 4.78 is 13.7. The molecule has 1 atom stereocenters. The van der Waals surface area contributed by atoms with E-state index >= 15 is 0 Å². The van der Waals surface area contributed by atoms with E-state index in [4.69, 9.17) is 5.73 Å². The molecule has 0 saturated carbocycles. The molecule has 6 heteroatoms. The monoisotopic (exact) mass is 347 g/mol. The van der Waals surface area contributed by atoms with E-state index in [2.05, 4.69) is 4.90 Å². The summed E-state index contributed by atoms with van der Waals surface area (Å²) in [5.41, 5.74) is 6.09. The predicted octanol–water partition coefficient (Wildman–Crippen LogP) is 1.41. The van der Waals surface area contributed by atoms with Gasteiger partial charge in [0, 0.05) is 32.1 Å². The number of nitrogens with two attached hydrogens (primary N) is 1. The van der Waals surface area contributed by atoms with Crippen LogP contribution in [-0.2, 0) is 16.0 Å². The van der Waals surface area contributed by atoms with Gasteiger partial charge in [0.1, 0.15) is 5.82 Å². The van der Waals surface area contributed by atoms with Crippen molar-refractivity contribution in [2.24, 2.45) is 17.6 Å². The number of piperidine rings is 1. The summed E-state index contributed by atoms with van der Waals surface area (Å²) in [5, 5.41) is 0. The maximum absolute atomic E-state index is 13.7. The molecule has 136 valence electrons. The quantitative estimate of drug-likeness (QED) is 0.876. The molecule has 2 aliphatic heterocycles. The van der Waals surface area contributed by atoms with Gasteiger partial charge in [0.2, 0.25) is 11.8 Å². The number of rotatable bonds is 5. The molecule has 2 fully saturated rings. The van der Waals surface area contributed by atoms with Gasteiger partial charge < -0.3 is 10.6 Å². The van der Waals surface area contributed by atoms with Crippen molar-refractivity contribution in [3.63, 3.8) is 0 Å². The Kier molecular flexibility index (Phi) is 5.37. The molecule has 1 aromatic rings. The second-order valence-corrected chi connectivity index (χ2v) is 7.29. The van der Waals surface area contributed by atoms with Crippen molar-refractivity contribution in [2.45, 2.75) is 32.2 Å². The van der Waals surface area contributed by atoms with Crippen LogP contribution in [0.2, 0.25) is 0 Å². The van der Waals surface area contributed by atoms with Crippen molar-refractivity contribution < 1.29 is 14.0 Å². The highest BCUT2D eigenvalue weighted by molar-refractivity contribution is 5.82. The SMILES string of the molecule is CC(C(=O)N1CCC(C(N)=O)CC1)N1CC(Cc2ccccc2F)C1. The number of benzene rings is 1. The van der Waals surface area contributed by atoms with Crippen LogP contribution in [0.15, 0.2) is 24.3 Å². The maximum atomic E-state index is 13.7. The Morgan fingerprint density at radius 3 is 2.48 bits per heavy atom. The lowest BCUT2D eigenvalue weighted by Gasteiger charge is -2.44. The summed E-state index contributed by atoms with van der Waals surface area (Å²) in [6.45, 7) is 4.77. The zero-order chi connectivity index (χ0) is 18.0. The number of primary amides is 1. The molecule has 1 aromatic carbocycles. The summed E-state index contributed by atoms with van der Waals surface area (Å²) in [5.74, 6) is -0.00482. The first-order valence-electron chi connectivity index (χ1n) is 9.01. The van der Waals surface area contributed by atoms with E-state index in [1.165, 1.54) is 6.07 Å². The smallest absolute Gasteiger partial charge is 0.239 e. The molecule has 0 aliphatic carbocycles. The highest BCUT2D eigenvalue weighted by atomic mass is 19.1. The first-order valence-corrected chi connectivity index (χ1v) is 9.01. The molecule has 2 heterocycles. The van der Waals surface area contributed by atoms with Crippen LogP contribution in [0.4, 0.5) is 4.39 Å². The maximum Gasteiger partial charge on any atom is 0.239 e. The van der Waals surface area contributed by atoms with Crippen LogP contribution in [0, 0.1) is 17.7 Å². The number of hydrogen-bond donors (Lipinski definition) is 1. The molecule has 0 aromatic heterocycles. The van der Waals surface area contributed by atoms with Gasteiger partial charge in [0.15, 0.2) is 0 Å². The van der Waals surface area contributed by atoms with Gasteiger partial charge in [-0.15, -0.1) is 0 Å². The minimum absolute atomic E-state index is 0.103. The Morgan fingerprint density at radius 2 is 1.88 bits per heavy atom. The standard InChI is InChI=1S/C19H26FN3O2/c1-13(19(25)22-8-6-15(7-9-22)18(21)24)23-11-14(12-23)10-16-4-2-3-5-17(16)20/h2-5,13-15H,6-12H2,1H3,(H2,21,24). The van der Waals surface area contributed by atoms with Gasteiger partial charge in [-0.25, -0.2) is 4.39 Å². The number of hydrogen-bond acceptors (Lipinski definition) is 3. The van der Waals surface area contributed by atoms with E-state index in [9.17, 15) is 14.0 Å².